The number of carbonyl (C=O) groups excluding carboxylic acids is 1. The van der Waals surface area contributed by atoms with Crippen molar-refractivity contribution in [3.8, 4) is 11.5 Å². The molecule has 8 nitrogen and oxygen atoms in total. The normalized spacial score (nSPS) is 14.2. The summed E-state index contributed by atoms with van der Waals surface area (Å²) in [5.74, 6) is 1.14. The SMILES string of the molecule is COc1ccc(OC)c2sc(N3CCN(C(=O)c4cc5ccccc5oc4=O)CC3)nc12. The zero-order chi connectivity index (χ0) is 22.2. The number of ether oxygens (including phenoxy) is 2. The van der Waals surface area contributed by atoms with Crippen LogP contribution in [0.4, 0.5) is 5.13 Å². The first-order valence-electron chi connectivity index (χ1n) is 10.2. The number of para-hydroxylation sites is 1. The first kappa shape index (κ1) is 20.3. The van der Waals surface area contributed by atoms with Gasteiger partial charge >= 0.3 is 5.63 Å². The second-order valence-electron chi connectivity index (χ2n) is 7.41. The maximum atomic E-state index is 13.0. The minimum absolute atomic E-state index is 0.0617. The fourth-order valence-electron chi connectivity index (χ4n) is 3.89. The number of hydrogen-bond donors (Lipinski definition) is 0. The van der Waals surface area contributed by atoms with Crippen molar-refractivity contribution >= 4 is 43.6 Å². The smallest absolute Gasteiger partial charge is 0.349 e. The van der Waals surface area contributed by atoms with E-state index in [9.17, 15) is 9.59 Å². The van der Waals surface area contributed by atoms with Crippen molar-refractivity contribution in [2.45, 2.75) is 0 Å². The lowest BCUT2D eigenvalue weighted by molar-refractivity contribution is 0.0742. The van der Waals surface area contributed by atoms with Crippen LogP contribution in [-0.2, 0) is 0 Å². The minimum atomic E-state index is -0.610. The maximum Gasteiger partial charge on any atom is 0.349 e. The molecule has 32 heavy (non-hydrogen) atoms. The quantitative estimate of drug-likeness (QED) is 0.440. The molecule has 0 spiro atoms. The van der Waals surface area contributed by atoms with Gasteiger partial charge < -0.3 is 23.7 Å². The second-order valence-corrected chi connectivity index (χ2v) is 8.39. The van der Waals surface area contributed by atoms with E-state index < -0.39 is 5.63 Å². The molecule has 0 N–H and O–H groups in total. The van der Waals surface area contributed by atoms with E-state index in [0.29, 0.717) is 37.5 Å². The number of aromatic nitrogens is 1. The number of rotatable bonds is 4. The molecule has 2 aromatic heterocycles. The van der Waals surface area contributed by atoms with E-state index in [2.05, 4.69) is 4.90 Å². The highest BCUT2D eigenvalue weighted by Crippen LogP contribution is 2.40. The first-order valence-corrected chi connectivity index (χ1v) is 11.0. The Morgan fingerprint density at radius 2 is 1.75 bits per heavy atom. The van der Waals surface area contributed by atoms with Crippen molar-refractivity contribution in [3.63, 3.8) is 0 Å². The number of anilines is 1. The van der Waals surface area contributed by atoms with Crippen LogP contribution in [0.5, 0.6) is 11.5 Å². The van der Waals surface area contributed by atoms with Crippen LogP contribution in [0.15, 0.2) is 51.7 Å². The average molecular weight is 452 g/mol. The van der Waals surface area contributed by atoms with Crippen molar-refractivity contribution < 1.29 is 18.7 Å². The lowest BCUT2D eigenvalue weighted by Gasteiger charge is -2.34. The topological polar surface area (TPSA) is 85.1 Å². The summed E-state index contributed by atoms with van der Waals surface area (Å²) in [6, 6.07) is 12.5. The van der Waals surface area contributed by atoms with E-state index in [1.165, 1.54) is 11.3 Å². The molecule has 2 aromatic carbocycles. The van der Waals surface area contributed by atoms with E-state index in [0.717, 1.165) is 26.5 Å². The number of benzene rings is 2. The van der Waals surface area contributed by atoms with Gasteiger partial charge in [0.1, 0.15) is 32.9 Å². The van der Waals surface area contributed by atoms with Gasteiger partial charge in [0.2, 0.25) is 0 Å². The van der Waals surface area contributed by atoms with Crippen LogP contribution in [0, 0.1) is 0 Å². The lowest BCUT2D eigenvalue weighted by Crippen LogP contribution is -2.49. The molecule has 1 aliphatic heterocycles. The van der Waals surface area contributed by atoms with Gasteiger partial charge in [0.15, 0.2) is 5.13 Å². The molecule has 164 valence electrons. The molecule has 0 saturated carbocycles. The van der Waals surface area contributed by atoms with Gasteiger partial charge in [0.05, 0.1) is 14.2 Å². The summed E-state index contributed by atoms with van der Waals surface area (Å²) in [5, 5.41) is 1.58. The third-order valence-electron chi connectivity index (χ3n) is 5.61. The summed E-state index contributed by atoms with van der Waals surface area (Å²) in [4.78, 5) is 34.0. The molecule has 0 unspecified atom stereocenters. The van der Waals surface area contributed by atoms with E-state index in [1.807, 2.05) is 24.3 Å². The van der Waals surface area contributed by atoms with Crippen LogP contribution in [0.3, 0.4) is 0 Å². The zero-order valence-corrected chi connectivity index (χ0v) is 18.5. The standard InChI is InChI=1S/C23H21N3O5S/c1-29-17-7-8-18(30-2)20-19(17)24-23(32-20)26-11-9-25(10-12-26)21(27)15-13-14-5-3-4-6-16(14)31-22(15)28/h3-8,13H,9-12H2,1-2H3. The minimum Gasteiger partial charge on any atom is -0.495 e. The Morgan fingerprint density at radius 1 is 1.03 bits per heavy atom. The molecule has 1 amide bonds. The number of hydrogen-bond acceptors (Lipinski definition) is 8. The first-order chi connectivity index (χ1) is 15.6. The summed E-state index contributed by atoms with van der Waals surface area (Å²) in [7, 11) is 3.25. The van der Waals surface area contributed by atoms with Gasteiger partial charge in [-0.15, -0.1) is 0 Å². The predicted molar refractivity (Wildman–Crippen MR) is 123 cm³/mol. The average Bonchev–Trinajstić information content (AvgIpc) is 3.28. The molecule has 4 aromatic rings. The number of thiazole rings is 1. The molecule has 5 rings (SSSR count). The Hall–Kier alpha value is -3.59. The second kappa shape index (κ2) is 8.16. The Labute approximate surface area is 187 Å². The Balaban J connectivity index is 1.36. The molecule has 0 aliphatic carbocycles. The monoisotopic (exact) mass is 451 g/mol. The molecule has 1 saturated heterocycles. The lowest BCUT2D eigenvalue weighted by atomic mass is 10.1. The van der Waals surface area contributed by atoms with Crippen molar-refractivity contribution in [1.82, 2.24) is 9.88 Å². The molecule has 9 heteroatoms. The highest BCUT2D eigenvalue weighted by atomic mass is 32.1. The Kier molecular flexibility index (Phi) is 5.18. The van der Waals surface area contributed by atoms with Crippen LogP contribution in [0.25, 0.3) is 21.2 Å². The van der Waals surface area contributed by atoms with Crippen LogP contribution in [0.1, 0.15) is 10.4 Å². The molecular weight excluding hydrogens is 430 g/mol. The molecule has 1 fully saturated rings. The fraction of sp³-hybridized carbons (Fsp3) is 0.261. The number of carbonyl (C=O) groups is 1. The Morgan fingerprint density at radius 3 is 2.50 bits per heavy atom. The van der Waals surface area contributed by atoms with E-state index >= 15 is 0 Å². The predicted octanol–water partition coefficient (Wildman–Crippen LogP) is 3.38. The van der Waals surface area contributed by atoms with Crippen molar-refractivity contribution in [1.29, 1.82) is 0 Å². The number of amides is 1. The van der Waals surface area contributed by atoms with Crippen molar-refractivity contribution in [2.75, 3.05) is 45.3 Å². The van der Waals surface area contributed by atoms with Gasteiger partial charge in [-0.2, -0.15) is 0 Å². The largest absolute Gasteiger partial charge is 0.495 e. The van der Waals surface area contributed by atoms with Crippen molar-refractivity contribution in [3.05, 3.63) is 58.4 Å². The molecular formula is C23H21N3O5S. The maximum absolute atomic E-state index is 13.0. The summed E-state index contributed by atoms with van der Waals surface area (Å²) < 4.78 is 17.2. The Bertz CT molecular complexity index is 1330. The van der Waals surface area contributed by atoms with Crippen LogP contribution >= 0.6 is 11.3 Å². The summed E-state index contributed by atoms with van der Waals surface area (Å²) in [6.45, 7) is 2.18. The van der Waals surface area contributed by atoms with Crippen LogP contribution < -0.4 is 20.0 Å². The van der Waals surface area contributed by atoms with E-state index in [4.69, 9.17) is 18.9 Å². The molecule has 0 radical (unpaired) electrons. The summed E-state index contributed by atoms with van der Waals surface area (Å²) in [6.07, 6.45) is 0. The van der Waals surface area contributed by atoms with Gasteiger partial charge in [-0.1, -0.05) is 29.5 Å². The highest BCUT2D eigenvalue weighted by Gasteiger charge is 2.27. The van der Waals surface area contributed by atoms with E-state index in [-0.39, 0.29) is 11.5 Å². The van der Waals surface area contributed by atoms with Gasteiger partial charge in [-0.3, -0.25) is 4.79 Å². The highest BCUT2D eigenvalue weighted by molar-refractivity contribution is 7.22. The molecule has 3 heterocycles. The van der Waals surface area contributed by atoms with E-state index in [1.54, 1.807) is 37.3 Å². The van der Waals surface area contributed by atoms with Gasteiger partial charge in [0, 0.05) is 31.6 Å². The van der Waals surface area contributed by atoms with Gasteiger partial charge in [0.25, 0.3) is 5.91 Å². The molecule has 1 aliphatic rings. The van der Waals surface area contributed by atoms with Crippen LogP contribution in [-0.4, -0.2) is 56.2 Å². The number of fused-ring (bicyclic) bond motifs is 2. The number of nitrogens with zero attached hydrogens (tertiary/aromatic N) is 3. The fourth-order valence-corrected chi connectivity index (χ4v) is 5.02. The third kappa shape index (κ3) is 3.44. The molecule has 0 atom stereocenters. The van der Waals surface area contributed by atoms with Crippen LogP contribution in [0.2, 0.25) is 0 Å². The zero-order valence-electron chi connectivity index (χ0n) is 17.7. The molecule has 0 bridgehead atoms. The summed E-state index contributed by atoms with van der Waals surface area (Å²) in [5.41, 5.74) is 0.688. The third-order valence-corrected chi connectivity index (χ3v) is 6.74. The summed E-state index contributed by atoms with van der Waals surface area (Å²) >= 11 is 1.54. The van der Waals surface area contributed by atoms with Crippen molar-refractivity contribution in [2.24, 2.45) is 0 Å². The van der Waals surface area contributed by atoms with Gasteiger partial charge in [-0.25, -0.2) is 9.78 Å². The number of methoxy groups -OCH3 is 2. The van der Waals surface area contributed by atoms with Gasteiger partial charge in [-0.05, 0) is 24.3 Å². The number of piperazine rings is 1.